The number of aliphatic carboxylic acids is 1. The molecule has 0 saturated heterocycles. The van der Waals surface area contributed by atoms with Crippen molar-refractivity contribution in [3.8, 4) is 0 Å². The van der Waals surface area contributed by atoms with Gasteiger partial charge in [0.15, 0.2) is 0 Å². The molecule has 1 aromatic heterocycles. The van der Waals surface area contributed by atoms with Gasteiger partial charge < -0.3 is 10.4 Å². The Kier molecular flexibility index (Phi) is 3.57. The molecular weight excluding hydrogens is 234 g/mol. The third kappa shape index (κ3) is 3.89. The monoisotopic (exact) mass is 247 g/mol. The number of carboxylic acid groups (broad SMARTS) is 1. The Bertz CT molecular complexity index is 495. The molecule has 1 aliphatic rings. The number of amides is 2. The number of carbonyl (C=O) groups is 2. The number of hydrogen-bond donors (Lipinski definition) is 3. The fourth-order valence-electron chi connectivity index (χ4n) is 1.34. The Balaban J connectivity index is 1.97. The molecule has 0 bridgehead atoms. The molecule has 6 heteroatoms. The Labute approximate surface area is 104 Å². The predicted molar refractivity (Wildman–Crippen MR) is 66.1 cm³/mol. The summed E-state index contributed by atoms with van der Waals surface area (Å²) >= 11 is 0. The van der Waals surface area contributed by atoms with Crippen LogP contribution in [0.25, 0.3) is 6.08 Å². The van der Waals surface area contributed by atoms with E-state index in [1.165, 1.54) is 6.08 Å². The normalized spacial score (nSPS) is 14.4. The SMILES string of the molecule is O=C(O)C=Cc1cccc(NC(=O)NC2CC2)n1. The Morgan fingerprint density at radius 3 is 2.83 bits per heavy atom. The first-order valence-electron chi connectivity index (χ1n) is 5.59. The average molecular weight is 247 g/mol. The summed E-state index contributed by atoms with van der Waals surface area (Å²) in [4.78, 5) is 25.9. The molecule has 0 radical (unpaired) electrons. The van der Waals surface area contributed by atoms with Gasteiger partial charge in [-0.15, -0.1) is 0 Å². The van der Waals surface area contributed by atoms with Gasteiger partial charge in [-0.1, -0.05) is 6.07 Å². The van der Waals surface area contributed by atoms with Crippen LogP contribution in [-0.4, -0.2) is 28.1 Å². The molecule has 1 aromatic rings. The largest absolute Gasteiger partial charge is 0.478 e. The van der Waals surface area contributed by atoms with Crippen LogP contribution >= 0.6 is 0 Å². The van der Waals surface area contributed by atoms with Crippen molar-refractivity contribution < 1.29 is 14.7 Å². The second-order valence-corrected chi connectivity index (χ2v) is 3.99. The first kappa shape index (κ1) is 12.1. The average Bonchev–Trinajstić information content (AvgIpc) is 3.10. The van der Waals surface area contributed by atoms with E-state index < -0.39 is 5.97 Å². The lowest BCUT2D eigenvalue weighted by Gasteiger charge is -2.05. The van der Waals surface area contributed by atoms with Gasteiger partial charge in [-0.05, 0) is 31.1 Å². The van der Waals surface area contributed by atoms with E-state index >= 15 is 0 Å². The minimum Gasteiger partial charge on any atom is -0.478 e. The van der Waals surface area contributed by atoms with Crippen molar-refractivity contribution in [2.75, 3.05) is 5.32 Å². The van der Waals surface area contributed by atoms with Crippen molar-refractivity contribution in [3.63, 3.8) is 0 Å². The zero-order chi connectivity index (χ0) is 13.0. The van der Waals surface area contributed by atoms with Gasteiger partial charge >= 0.3 is 12.0 Å². The van der Waals surface area contributed by atoms with E-state index in [2.05, 4.69) is 15.6 Å². The molecule has 0 atom stereocenters. The van der Waals surface area contributed by atoms with Crippen LogP contribution in [0.15, 0.2) is 24.3 Å². The van der Waals surface area contributed by atoms with Gasteiger partial charge in [0.05, 0.1) is 5.69 Å². The van der Waals surface area contributed by atoms with Crippen LogP contribution in [0.2, 0.25) is 0 Å². The zero-order valence-corrected chi connectivity index (χ0v) is 9.59. The van der Waals surface area contributed by atoms with Crippen molar-refractivity contribution in [1.29, 1.82) is 0 Å². The second-order valence-electron chi connectivity index (χ2n) is 3.99. The van der Waals surface area contributed by atoms with E-state index in [0.717, 1.165) is 18.9 Å². The Morgan fingerprint density at radius 2 is 2.17 bits per heavy atom. The molecule has 0 spiro atoms. The zero-order valence-electron chi connectivity index (χ0n) is 9.59. The van der Waals surface area contributed by atoms with Crippen LogP contribution in [0.5, 0.6) is 0 Å². The number of carbonyl (C=O) groups excluding carboxylic acids is 1. The van der Waals surface area contributed by atoms with Crippen LogP contribution in [-0.2, 0) is 4.79 Å². The number of nitrogens with zero attached hydrogens (tertiary/aromatic N) is 1. The number of nitrogens with one attached hydrogen (secondary N) is 2. The quantitative estimate of drug-likeness (QED) is 0.702. The van der Waals surface area contributed by atoms with E-state index in [1.54, 1.807) is 18.2 Å². The standard InChI is InChI=1S/C12H13N3O3/c16-11(17)7-6-8-2-1-3-10(13-8)15-12(18)14-9-4-5-9/h1-3,6-7,9H,4-5H2,(H,16,17)(H2,13,14,15,18). The number of urea groups is 1. The van der Waals surface area contributed by atoms with Gasteiger partial charge in [-0.25, -0.2) is 14.6 Å². The van der Waals surface area contributed by atoms with Gasteiger partial charge in [0.1, 0.15) is 5.82 Å². The van der Waals surface area contributed by atoms with Crippen molar-refractivity contribution in [2.24, 2.45) is 0 Å². The third-order valence-electron chi connectivity index (χ3n) is 2.32. The molecule has 0 unspecified atom stereocenters. The summed E-state index contributed by atoms with van der Waals surface area (Å²) < 4.78 is 0. The van der Waals surface area contributed by atoms with E-state index in [-0.39, 0.29) is 12.1 Å². The molecule has 0 aliphatic heterocycles. The smallest absolute Gasteiger partial charge is 0.328 e. The maximum Gasteiger partial charge on any atom is 0.328 e. The molecule has 2 rings (SSSR count). The number of carboxylic acids is 1. The van der Waals surface area contributed by atoms with Crippen LogP contribution in [0.4, 0.5) is 10.6 Å². The summed E-state index contributed by atoms with van der Waals surface area (Å²) in [5, 5.41) is 13.9. The highest BCUT2D eigenvalue weighted by atomic mass is 16.4. The number of hydrogen-bond acceptors (Lipinski definition) is 3. The molecule has 94 valence electrons. The van der Waals surface area contributed by atoms with Crippen LogP contribution in [0.3, 0.4) is 0 Å². The molecule has 18 heavy (non-hydrogen) atoms. The molecule has 0 aromatic carbocycles. The van der Waals surface area contributed by atoms with Crippen LogP contribution < -0.4 is 10.6 Å². The van der Waals surface area contributed by atoms with Crippen LogP contribution in [0.1, 0.15) is 18.5 Å². The lowest BCUT2D eigenvalue weighted by atomic mass is 10.3. The summed E-state index contributed by atoms with van der Waals surface area (Å²) in [7, 11) is 0. The van der Waals surface area contributed by atoms with E-state index in [0.29, 0.717) is 11.5 Å². The third-order valence-corrected chi connectivity index (χ3v) is 2.32. The summed E-state index contributed by atoms with van der Waals surface area (Å²) in [5.74, 6) is -0.651. The lowest BCUT2D eigenvalue weighted by molar-refractivity contribution is -0.131. The molecule has 1 aliphatic carbocycles. The van der Waals surface area contributed by atoms with E-state index in [9.17, 15) is 9.59 Å². The fourth-order valence-corrected chi connectivity index (χ4v) is 1.34. The maximum absolute atomic E-state index is 11.5. The lowest BCUT2D eigenvalue weighted by Crippen LogP contribution is -2.30. The predicted octanol–water partition coefficient (Wildman–Crippen LogP) is 1.46. The van der Waals surface area contributed by atoms with Gasteiger partial charge in [0.25, 0.3) is 0 Å². The number of aromatic nitrogens is 1. The Morgan fingerprint density at radius 1 is 1.39 bits per heavy atom. The topological polar surface area (TPSA) is 91.3 Å². The summed E-state index contributed by atoms with van der Waals surface area (Å²) in [6.07, 6.45) is 4.40. The molecule has 6 nitrogen and oxygen atoms in total. The van der Waals surface area contributed by atoms with Gasteiger partial charge in [-0.3, -0.25) is 5.32 Å². The Hall–Kier alpha value is -2.37. The van der Waals surface area contributed by atoms with E-state index in [1.807, 2.05) is 0 Å². The van der Waals surface area contributed by atoms with E-state index in [4.69, 9.17) is 5.11 Å². The fraction of sp³-hybridized carbons (Fsp3) is 0.250. The summed E-state index contributed by atoms with van der Waals surface area (Å²) in [6, 6.07) is 4.99. The molecule has 2 amide bonds. The minimum atomic E-state index is -1.04. The van der Waals surface area contributed by atoms with Crippen LogP contribution in [0, 0.1) is 0 Å². The summed E-state index contributed by atoms with van der Waals surface area (Å²) in [5.41, 5.74) is 0.474. The molecule has 1 fully saturated rings. The first-order chi connectivity index (χ1) is 8.63. The molecular formula is C12H13N3O3. The maximum atomic E-state index is 11.5. The van der Waals surface area contributed by atoms with Crippen molar-refractivity contribution in [1.82, 2.24) is 10.3 Å². The molecule has 3 N–H and O–H groups in total. The number of rotatable bonds is 4. The highest BCUT2D eigenvalue weighted by Gasteiger charge is 2.23. The van der Waals surface area contributed by atoms with Crippen molar-refractivity contribution in [2.45, 2.75) is 18.9 Å². The molecule has 1 saturated carbocycles. The minimum absolute atomic E-state index is 0.278. The second kappa shape index (κ2) is 5.31. The summed E-state index contributed by atoms with van der Waals surface area (Å²) in [6.45, 7) is 0. The first-order valence-corrected chi connectivity index (χ1v) is 5.59. The van der Waals surface area contributed by atoms with Gasteiger partial charge in [0.2, 0.25) is 0 Å². The number of pyridine rings is 1. The molecule has 1 heterocycles. The van der Waals surface area contributed by atoms with Crippen molar-refractivity contribution >= 4 is 23.9 Å². The van der Waals surface area contributed by atoms with Crippen molar-refractivity contribution in [3.05, 3.63) is 30.0 Å². The van der Waals surface area contributed by atoms with Gasteiger partial charge in [0, 0.05) is 12.1 Å². The highest BCUT2D eigenvalue weighted by molar-refractivity contribution is 5.89. The van der Waals surface area contributed by atoms with Gasteiger partial charge in [-0.2, -0.15) is 0 Å². The number of anilines is 1. The highest BCUT2D eigenvalue weighted by Crippen LogP contribution is 2.18.